The summed E-state index contributed by atoms with van der Waals surface area (Å²) >= 11 is 6.08. The van der Waals surface area contributed by atoms with E-state index in [4.69, 9.17) is 16.3 Å². The summed E-state index contributed by atoms with van der Waals surface area (Å²) in [5, 5.41) is 2.45. The molecule has 0 aliphatic rings. The van der Waals surface area contributed by atoms with Crippen molar-refractivity contribution in [2.45, 2.75) is 45.5 Å². The number of anilines is 1. The highest BCUT2D eigenvalue weighted by Gasteiger charge is 2.34. The summed E-state index contributed by atoms with van der Waals surface area (Å²) in [5.41, 5.74) is -1.01. The van der Waals surface area contributed by atoms with Crippen molar-refractivity contribution in [2.75, 3.05) is 30.8 Å². The molecular formula is C25H31ClF3N3O5S. The van der Waals surface area contributed by atoms with Gasteiger partial charge < -0.3 is 15.0 Å². The van der Waals surface area contributed by atoms with Gasteiger partial charge in [0.15, 0.2) is 0 Å². The molecule has 0 unspecified atom stereocenters. The fourth-order valence-electron chi connectivity index (χ4n) is 3.52. The molecule has 0 aromatic heterocycles. The van der Waals surface area contributed by atoms with Crippen LogP contribution in [0.3, 0.4) is 0 Å². The number of sulfonamides is 1. The molecule has 0 aliphatic carbocycles. The standard InChI is InChI=1S/C25H31ClF3N3O5S/c1-5-6-13-30-24(34)17(2)31(15-18-7-10-20(37-3)11-8-18)23(33)16-32(38(4,35)36)22-14-19(25(27,28)29)9-12-21(22)26/h7-12,14,17H,5-6,13,15-16H2,1-4H3,(H,30,34)/t17-/m1/s1. The molecule has 2 amide bonds. The van der Waals surface area contributed by atoms with Crippen LogP contribution in [-0.2, 0) is 32.3 Å². The molecule has 2 rings (SSSR count). The summed E-state index contributed by atoms with van der Waals surface area (Å²) in [6, 6.07) is 7.88. The van der Waals surface area contributed by atoms with Crippen molar-refractivity contribution in [1.29, 1.82) is 0 Å². The van der Waals surface area contributed by atoms with Crippen molar-refractivity contribution in [3.8, 4) is 5.75 Å². The highest BCUT2D eigenvalue weighted by molar-refractivity contribution is 7.92. The Kier molecular flexibility index (Phi) is 10.8. The number of nitrogens with zero attached hydrogens (tertiary/aromatic N) is 2. The first kappa shape index (κ1) is 31.2. The smallest absolute Gasteiger partial charge is 0.416 e. The summed E-state index contributed by atoms with van der Waals surface area (Å²) < 4.78 is 70.9. The van der Waals surface area contributed by atoms with Crippen LogP contribution in [0.5, 0.6) is 5.75 Å². The molecule has 0 spiro atoms. The third-order valence-corrected chi connectivity index (χ3v) is 7.18. The van der Waals surface area contributed by atoms with E-state index in [1.54, 1.807) is 24.3 Å². The number of amides is 2. The van der Waals surface area contributed by atoms with Gasteiger partial charge in [-0.25, -0.2) is 8.42 Å². The Morgan fingerprint density at radius 1 is 1.13 bits per heavy atom. The van der Waals surface area contributed by atoms with Crippen LogP contribution in [0.25, 0.3) is 0 Å². The first-order valence-electron chi connectivity index (χ1n) is 11.7. The maximum atomic E-state index is 13.5. The zero-order valence-corrected chi connectivity index (χ0v) is 23.1. The Balaban J connectivity index is 2.46. The second-order valence-electron chi connectivity index (χ2n) is 8.62. The molecule has 13 heteroatoms. The highest BCUT2D eigenvalue weighted by Crippen LogP contribution is 2.36. The van der Waals surface area contributed by atoms with Crippen molar-refractivity contribution >= 4 is 39.1 Å². The molecule has 0 aliphatic heterocycles. The molecule has 0 radical (unpaired) electrons. The van der Waals surface area contributed by atoms with Gasteiger partial charge in [-0.2, -0.15) is 13.2 Å². The van der Waals surface area contributed by atoms with Crippen LogP contribution in [0.4, 0.5) is 18.9 Å². The summed E-state index contributed by atoms with van der Waals surface area (Å²) in [5.74, 6) is -0.694. The minimum atomic E-state index is -4.77. The average molecular weight is 578 g/mol. The quantitative estimate of drug-likeness (QED) is 0.376. The molecule has 0 saturated heterocycles. The molecule has 0 bridgehead atoms. The van der Waals surface area contributed by atoms with Gasteiger partial charge in [0.2, 0.25) is 21.8 Å². The summed E-state index contributed by atoms with van der Waals surface area (Å²) in [4.78, 5) is 27.5. The van der Waals surface area contributed by atoms with Gasteiger partial charge in [-0.15, -0.1) is 0 Å². The number of rotatable bonds is 12. The maximum absolute atomic E-state index is 13.5. The lowest BCUT2D eigenvalue weighted by Gasteiger charge is -2.32. The van der Waals surface area contributed by atoms with Crippen LogP contribution >= 0.6 is 11.6 Å². The first-order chi connectivity index (χ1) is 17.7. The zero-order chi connectivity index (χ0) is 28.7. The fraction of sp³-hybridized carbons (Fsp3) is 0.440. The number of unbranched alkanes of at least 4 members (excludes halogenated alkanes) is 1. The predicted molar refractivity (Wildman–Crippen MR) is 140 cm³/mol. The molecule has 1 N–H and O–H groups in total. The number of nitrogens with one attached hydrogen (secondary N) is 1. The molecule has 8 nitrogen and oxygen atoms in total. The van der Waals surface area contributed by atoms with Gasteiger partial charge in [0.25, 0.3) is 0 Å². The maximum Gasteiger partial charge on any atom is 0.416 e. The first-order valence-corrected chi connectivity index (χ1v) is 14.0. The van der Waals surface area contributed by atoms with E-state index >= 15 is 0 Å². The van der Waals surface area contributed by atoms with Gasteiger partial charge in [-0.3, -0.25) is 13.9 Å². The highest BCUT2D eigenvalue weighted by atomic mass is 35.5. The monoisotopic (exact) mass is 577 g/mol. The molecule has 0 fully saturated rings. The molecule has 1 atom stereocenters. The minimum Gasteiger partial charge on any atom is -0.497 e. The normalized spacial score (nSPS) is 12.5. The predicted octanol–water partition coefficient (Wildman–Crippen LogP) is 4.47. The Morgan fingerprint density at radius 2 is 1.76 bits per heavy atom. The van der Waals surface area contributed by atoms with Crippen LogP contribution in [-0.4, -0.2) is 57.6 Å². The Bertz CT molecular complexity index is 1220. The van der Waals surface area contributed by atoms with Crippen LogP contribution < -0.4 is 14.4 Å². The average Bonchev–Trinajstić information content (AvgIpc) is 2.84. The largest absolute Gasteiger partial charge is 0.497 e. The van der Waals surface area contributed by atoms with E-state index in [1.165, 1.54) is 18.9 Å². The van der Waals surface area contributed by atoms with Gasteiger partial charge in [0.1, 0.15) is 18.3 Å². The van der Waals surface area contributed by atoms with Crippen LogP contribution in [0, 0.1) is 0 Å². The van der Waals surface area contributed by atoms with Crippen LogP contribution in [0.1, 0.15) is 37.8 Å². The number of alkyl halides is 3. The molecule has 210 valence electrons. The molecule has 0 saturated carbocycles. The molecule has 2 aromatic rings. The molecule has 38 heavy (non-hydrogen) atoms. The van der Waals surface area contributed by atoms with Crippen molar-refractivity contribution in [3.63, 3.8) is 0 Å². The Hall–Kier alpha value is -2.99. The second-order valence-corrected chi connectivity index (χ2v) is 10.9. The summed E-state index contributed by atoms with van der Waals surface area (Å²) in [6.07, 6.45) is -2.45. The number of carbonyl (C=O) groups excluding carboxylic acids is 2. The number of ether oxygens (including phenoxy) is 1. The number of hydrogen-bond donors (Lipinski definition) is 1. The molecule has 0 heterocycles. The van der Waals surface area contributed by atoms with Gasteiger partial charge in [0, 0.05) is 13.1 Å². The fourth-order valence-corrected chi connectivity index (χ4v) is 4.64. The Labute approximate surface area is 225 Å². The van der Waals surface area contributed by atoms with Crippen LogP contribution in [0.15, 0.2) is 42.5 Å². The van der Waals surface area contributed by atoms with Gasteiger partial charge in [-0.1, -0.05) is 37.1 Å². The van der Waals surface area contributed by atoms with E-state index in [-0.39, 0.29) is 11.6 Å². The number of halogens is 4. The third-order valence-electron chi connectivity index (χ3n) is 5.73. The number of methoxy groups -OCH3 is 1. The van der Waals surface area contributed by atoms with E-state index in [1.807, 2.05) is 6.92 Å². The van der Waals surface area contributed by atoms with Gasteiger partial charge in [0.05, 0.1) is 29.6 Å². The topological polar surface area (TPSA) is 96.0 Å². The summed E-state index contributed by atoms with van der Waals surface area (Å²) in [6.45, 7) is 2.89. The number of carbonyl (C=O) groups is 2. The third kappa shape index (κ3) is 8.52. The number of hydrogen-bond acceptors (Lipinski definition) is 5. The van der Waals surface area contributed by atoms with Gasteiger partial charge in [-0.05, 0) is 49.2 Å². The van der Waals surface area contributed by atoms with E-state index < -0.39 is 51.9 Å². The van der Waals surface area contributed by atoms with E-state index in [0.717, 1.165) is 25.2 Å². The van der Waals surface area contributed by atoms with Crippen LogP contribution in [0.2, 0.25) is 5.02 Å². The van der Waals surface area contributed by atoms with Gasteiger partial charge >= 0.3 is 6.18 Å². The number of benzene rings is 2. The summed E-state index contributed by atoms with van der Waals surface area (Å²) in [7, 11) is -2.77. The van der Waals surface area contributed by atoms with E-state index in [9.17, 15) is 31.2 Å². The lowest BCUT2D eigenvalue weighted by molar-refractivity contribution is -0.139. The lowest BCUT2D eigenvalue weighted by atomic mass is 10.1. The van der Waals surface area contributed by atoms with Crippen molar-refractivity contribution in [3.05, 3.63) is 58.6 Å². The van der Waals surface area contributed by atoms with E-state index in [2.05, 4.69) is 5.32 Å². The second kappa shape index (κ2) is 13.2. The van der Waals surface area contributed by atoms with E-state index in [0.29, 0.717) is 34.3 Å². The molecular weight excluding hydrogens is 547 g/mol. The SMILES string of the molecule is CCCCNC(=O)[C@@H](C)N(Cc1ccc(OC)cc1)C(=O)CN(c1cc(C(F)(F)F)ccc1Cl)S(C)(=O)=O. The zero-order valence-electron chi connectivity index (χ0n) is 21.5. The van der Waals surface area contributed by atoms with Crippen molar-refractivity contribution in [2.24, 2.45) is 0 Å². The minimum absolute atomic E-state index is 0.0703. The lowest BCUT2D eigenvalue weighted by Crippen LogP contribution is -2.51. The molecule has 2 aromatic carbocycles. The Morgan fingerprint density at radius 3 is 2.29 bits per heavy atom. The van der Waals surface area contributed by atoms with Crippen molar-refractivity contribution in [1.82, 2.24) is 10.2 Å². The van der Waals surface area contributed by atoms with Crippen molar-refractivity contribution < 1.29 is 35.9 Å².